The number of carboxylic acids is 1. The third-order valence-corrected chi connectivity index (χ3v) is 11.0. The van der Waals surface area contributed by atoms with E-state index in [1.807, 2.05) is 0 Å². The number of carbonyl (C=O) groups is 1. The minimum atomic E-state index is -5.78. The van der Waals surface area contributed by atoms with E-state index in [9.17, 15) is 49.2 Å². The zero-order valence-electron chi connectivity index (χ0n) is 29.6. The maximum absolute atomic E-state index is 13.0. The summed E-state index contributed by atoms with van der Waals surface area (Å²) >= 11 is 0. The first-order chi connectivity index (χ1) is 27.0. The lowest BCUT2D eigenvalue weighted by atomic mass is 10.1. The normalized spacial score (nSPS) is 13.1. The first kappa shape index (κ1) is 41.0. The van der Waals surface area contributed by atoms with Crippen LogP contribution < -0.4 is 10.6 Å². The van der Waals surface area contributed by atoms with Crippen LogP contribution in [0, 0.1) is 6.92 Å². The van der Waals surface area contributed by atoms with Crippen LogP contribution >= 0.6 is 0 Å². The van der Waals surface area contributed by atoms with E-state index in [0.717, 1.165) is 12.1 Å². The number of hydrogen-bond donors (Lipinski definition) is 8. The molecule has 0 aliphatic heterocycles. The topological polar surface area (TPSA) is 336 Å². The number of aromatic hydroxyl groups is 1. The van der Waals surface area contributed by atoms with Gasteiger partial charge in [0.05, 0.1) is 38.1 Å². The van der Waals surface area contributed by atoms with Gasteiger partial charge in [0.15, 0.2) is 0 Å². The highest BCUT2D eigenvalue weighted by atomic mass is 32.3. The summed E-state index contributed by atoms with van der Waals surface area (Å²) in [6.45, 7) is 1.64. The molecule has 0 unspecified atom stereocenters. The summed E-state index contributed by atoms with van der Waals surface area (Å²) in [5, 5.41) is 40.3. The lowest BCUT2D eigenvalue weighted by Gasteiger charge is -2.27. The van der Waals surface area contributed by atoms with Crippen molar-refractivity contribution in [1.82, 2.24) is 15.0 Å². The molecule has 0 amide bonds. The molecule has 300 valence electrons. The van der Waals surface area contributed by atoms with Gasteiger partial charge in [-0.1, -0.05) is 0 Å². The fourth-order valence-electron chi connectivity index (χ4n) is 5.25. The predicted octanol–water partition coefficient (Wildman–Crippen LogP) is 7.30. The number of nitrogens with zero attached hydrogens (tertiary/aromatic N) is 7. The molecule has 0 atom stereocenters. The molecule has 1 heterocycles. The number of aromatic nitrogens is 3. The summed E-state index contributed by atoms with van der Waals surface area (Å²) in [7, 11) is -16.1. The van der Waals surface area contributed by atoms with Gasteiger partial charge in [0.1, 0.15) is 14.5 Å². The maximum Gasteiger partial charge on any atom is 0.335 e. The number of aryl methyl sites for hydroxylation is 1. The van der Waals surface area contributed by atoms with Crippen molar-refractivity contribution in [3.8, 4) is 6.01 Å². The van der Waals surface area contributed by atoms with Crippen LogP contribution in [-0.4, -0.2) is 76.6 Å². The summed E-state index contributed by atoms with van der Waals surface area (Å²) < 4.78 is 102. The Balaban J connectivity index is 1.21. The molecule has 1 aromatic heterocycles. The highest BCUT2D eigenvalue weighted by Gasteiger charge is 2.32. The SMILES string of the molecule is Cc1cc(Nc2nc(O)nc(Nc3ccc(N=Nc4ccc(C(=O)O)cc4)cc3)n2)ccc1N=Nc1cc(S(C)(=O)(O)O)c2cc(S(=O)(=O)O)cc(S(=O)(=O)O)c2c1. The van der Waals surface area contributed by atoms with Crippen LogP contribution in [0.4, 0.5) is 46.0 Å². The summed E-state index contributed by atoms with van der Waals surface area (Å²) in [6.07, 6.45) is 0.503. The van der Waals surface area contributed by atoms with Crippen molar-refractivity contribution in [1.29, 1.82) is 0 Å². The molecular weight excluding hydrogens is 823 g/mol. The number of aromatic carboxylic acids is 1. The van der Waals surface area contributed by atoms with Gasteiger partial charge in [-0.05, 0) is 103 Å². The van der Waals surface area contributed by atoms with E-state index in [-0.39, 0.29) is 28.8 Å². The fourth-order valence-corrected chi connectivity index (χ4v) is 7.65. The summed E-state index contributed by atoms with van der Waals surface area (Å²) in [6, 6.07) is 19.5. The summed E-state index contributed by atoms with van der Waals surface area (Å²) in [5.74, 6) is -1.12. The van der Waals surface area contributed by atoms with E-state index < -0.39 is 67.3 Å². The van der Waals surface area contributed by atoms with Crippen molar-refractivity contribution < 1.29 is 54.3 Å². The zero-order chi connectivity index (χ0) is 42.2. The van der Waals surface area contributed by atoms with Crippen LogP contribution in [0.2, 0.25) is 0 Å². The van der Waals surface area contributed by atoms with Crippen molar-refractivity contribution >= 4 is 92.6 Å². The average Bonchev–Trinajstić information content (AvgIpc) is 3.12. The molecule has 24 heteroatoms. The first-order valence-corrected chi connectivity index (χ1v) is 21.2. The van der Waals surface area contributed by atoms with E-state index >= 15 is 0 Å². The zero-order valence-corrected chi connectivity index (χ0v) is 32.1. The molecule has 0 aliphatic carbocycles. The Bertz CT molecular complexity index is 2980. The molecule has 0 saturated carbocycles. The summed E-state index contributed by atoms with van der Waals surface area (Å²) in [4.78, 5) is 20.1. The monoisotopic (exact) mass is 851 g/mol. The second kappa shape index (κ2) is 15.0. The van der Waals surface area contributed by atoms with Gasteiger partial charge < -0.3 is 30.0 Å². The van der Waals surface area contributed by atoms with Crippen LogP contribution in [-0.2, 0) is 29.9 Å². The Morgan fingerprint density at radius 2 is 1.22 bits per heavy atom. The van der Waals surface area contributed by atoms with Gasteiger partial charge in [0.2, 0.25) is 11.9 Å². The molecule has 6 rings (SSSR count). The smallest absolute Gasteiger partial charge is 0.335 e. The number of benzene rings is 5. The molecule has 58 heavy (non-hydrogen) atoms. The number of hydrogen-bond acceptors (Lipinski definition) is 16. The van der Waals surface area contributed by atoms with Gasteiger partial charge in [0.25, 0.3) is 20.2 Å². The number of anilines is 4. The molecule has 21 nitrogen and oxygen atoms in total. The van der Waals surface area contributed by atoms with Crippen LogP contribution in [0.1, 0.15) is 15.9 Å². The Morgan fingerprint density at radius 1 is 0.672 bits per heavy atom. The van der Waals surface area contributed by atoms with Gasteiger partial charge >= 0.3 is 12.0 Å². The molecule has 0 aliphatic rings. The van der Waals surface area contributed by atoms with Gasteiger partial charge in [-0.3, -0.25) is 9.11 Å². The fraction of sp³-hybridized carbons (Fsp3) is 0.0588. The quantitative estimate of drug-likeness (QED) is 0.0442. The van der Waals surface area contributed by atoms with Gasteiger partial charge in [-0.2, -0.15) is 52.2 Å². The van der Waals surface area contributed by atoms with Crippen LogP contribution in [0.3, 0.4) is 0 Å². The lowest BCUT2D eigenvalue weighted by Crippen LogP contribution is -2.29. The molecule has 5 aromatic carbocycles. The predicted molar refractivity (Wildman–Crippen MR) is 209 cm³/mol. The Kier molecular flexibility index (Phi) is 10.6. The van der Waals surface area contributed by atoms with Gasteiger partial charge in [0, 0.05) is 28.4 Å². The van der Waals surface area contributed by atoms with Crippen LogP contribution in [0.5, 0.6) is 6.01 Å². The van der Waals surface area contributed by atoms with Crippen molar-refractivity contribution in [3.63, 3.8) is 0 Å². The molecule has 0 fully saturated rings. The Hall–Kier alpha value is -6.67. The Morgan fingerprint density at radius 3 is 1.76 bits per heavy atom. The molecular formula is C34H29N9O12S3. The first-order valence-electron chi connectivity index (χ1n) is 16.1. The summed E-state index contributed by atoms with van der Waals surface area (Å²) in [5.41, 5.74) is 2.48. The lowest BCUT2D eigenvalue weighted by molar-refractivity contribution is 0.0696. The van der Waals surface area contributed by atoms with Crippen LogP contribution in [0.15, 0.2) is 126 Å². The average molecular weight is 852 g/mol. The third-order valence-electron chi connectivity index (χ3n) is 7.90. The minimum Gasteiger partial charge on any atom is -0.479 e. The van der Waals surface area contributed by atoms with Crippen molar-refractivity contribution in [2.75, 3.05) is 16.9 Å². The molecule has 8 N–H and O–H groups in total. The van der Waals surface area contributed by atoms with E-state index in [1.165, 1.54) is 30.3 Å². The van der Waals surface area contributed by atoms with E-state index in [4.69, 9.17) is 5.11 Å². The number of nitrogens with one attached hydrogen (secondary N) is 2. The van der Waals surface area contributed by atoms with Crippen molar-refractivity contribution in [2.45, 2.75) is 21.6 Å². The molecule has 0 saturated heterocycles. The number of fused-ring (bicyclic) bond motifs is 1. The highest BCUT2D eigenvalue weighted by molar-refractivity contribution is 8.09. The minimum absolute atomic E-state index is 0.0183. The molecule has 0 spiro atoms. The van der Waals surface area contributed by atoms with Crippen molar-refractivity contribution in [2.24, 2.45) is 20.5 Å². The molecule has 0 radical (unpaired) electrons. The molecule has 6 aromatic rings. The molecule has 0 bridgehead atoms. The van der Waals surface area contributed by atoms with E-state index in [0.29, 0.717) is 46.7 Å². The number of azo groups is 2. The maximum atomic E-state index is 13.0. The standard InChI is InChI=1S/C34H29N9O12S3/c1-18-13-23(36-33-37-32(38-34(46)39-33)35-20-7-9-22(10-8-20)41-40-21-5-3-19(4-6-21)31(44)45)11-12-28(18)43-42-24-14-26-27(30(15-24)58(2,53,54)55)16-25(56(47,48)49)17-29(26)57(50,51)52/h3-17H,1-2H3,(H,44,45)(H,47,48,49)(H,50,51,52)(H2,53,54,55)(H3,35,36,37,38,39,46). The number of rotatable bonds is 12. The second-order valence-electron chi connectivity index (χ2n) is 12.5. The second-order valence-corrected chi connectivity index (χ2v) is 18.2. The van der Waals surface area contributed by atoms with Crippen LogP contribution in [0.25, 0.3) is 10.8 Å². The van der Waals surface area contributed by atoms with Gasteiger partial charge in [-0.15, -0.1) is 0 Å². The largest absolute Gasteiger partial charge is 0.479 e. The van der Waals surface area contributed by atoms with E-state index in [2.05, 4.69) is 46.0 Å². The van der Waals surface area contributed by atoms with Crippen molar-refractivity contribution in [3.05, 3.63) is 102 Å². The number of carboxylic acid groups (broad SMARTS) is 1. The highest BCUT2D eigenvalue weighted by Crippen LogP contribution is 2.40. The van der Waals surface area contributed by atoms with Gasteiger partial charge in [-0.25, -0.2) is 9.00 Å². The third kappa shape index (κ3) is 9.82. The van der Waals surface area contributed by atoms with E-state index in [1.54, 1.807) is 43.3 Å². The Labute approximate surface area is 327 Å².